The molecule has 0 N–H and O–H groups in total. The summed E-state index contributed by atoms with van der Waals surface area (Å²) in [4.78, 5) is 2.50. The van der Waals surface area contributed by atoms with Crippen molar-refractivity contribution in [2.75, 3.05) is 4.90 Å². The van der Waals surface area contributed by atoms with Gasteiger partial charge < -0.3 is 4.90 Å². The lowest BCUT2D eigenvalue weighted by atomic mass is 9.70. The minimum Gasteiger partial charge on any atom is -0.310 e. The molecular formula is C51H41N. The molecule has 0 saturated heterocycles. The van der Waals surface area contributed by atoms with E-state index in [-0.39, 0.29) is 0 Å². The normalized spacial score (nSPS) is 13.5. The fourth-order valence-corrected chi connectivity index (χ4v) is 9.36. The SMILES string of the molecule is CC(C)c1ccc(N(c2ccc(C(C)C)cc2)c2cc3c(c4ccccc24)-c2c(ccc4ccccc24)C32c3ccccc3-c3ccccc32)cc1. The lowest BCUT2D eigenvalue weighted by molar-refractivity contribution is 0.795. The van der Waals surface area contributed by atoms with Gasteiger partial charge in [-0.25, -0.2) is 0 Å². The third-order valence-electron chi connectivity index (χ3n) is 11.8. The molecule has 0 radical (unpaired) electrons. The highest BCUT2D eigenvalue weighted by Crippen LogP contribution is 2.65. The maximum atomic E-state index is 2.55. The summed E-state index contributed by atoms with van der Waals surface area (Å²) in [5.74, 6) is 0.925. The molecule has 1 nitrogen and oxygen atoms in total. The topological polar surface area (TPSA) is 3.24 Å². The van der Waals surface area contributed by atoms with E-state index < -0.39 is 5.41 Å². The average Bonchev–Trinajstić information content (AvgIpc) is 3.66. The van der Waals surface area contributed by atoms with Crippen molar-refractivity contribution in [1.82, 2.24) is 0 Å². The molecule has 52 heavy (non-hydrogen) atoms. The average molecular weight is 668 g/mol. The summed E-state index contributed by atoms with van der Waals surface area (Å²) in [7, 11) is 0. The third kappa shape index (κ3) is 4.23. The van der Waals surface area contributed by atoms with Crippen LogP contribution in [-0.2, 0) is 5.41 Å². The van der Waals surface area contributed by atoms with Crippen LogP contribution in [0.5, 0.6) is 0 Å². The monoisotopic (exact) mass is 667 g/mol. The predicted molar refractivity (Wildman–Crippen MR) is 221 cm³/mol. The molecule has 0 aromatic heterocycles. The highest BCUT2D eigenvalue weighted by Gasteiger charge is 2.52. The van der Waals surface area contributed by atoms with E-state index in [4.69, 9.17) is 0 Å². The van der Waals surface area contributed by atoms with Gasteiger partial charge in [0.25, 0.3) is 0 Å². The Kier molecular flexibility index (Phi) is 6.86. The molecule has 2 aliphatic carbocycles. The van der Waals surface area contributed by atoms with Crippen molar-refractivity contribution in [3.05, 3.63) is 197 Å². The van der Waals surface area contributed by atoms with Crippen LogP contribution in [0.25, 0.3) is 43.8 Å². The molecule has 0 fully saturated rings. The van der Waals surface area contributed by atoms with Crippen molar-refractivity contribution in [2.24, 2.45) is 0 Å². The molecule has 0 unspecified atom stereocenters. The van der Waals surface area contributed by atoms with Crippen LogP contribution in [0.2, 0.25) is 0 Å². The van der Waals surface area contributed by atoms with Gasteiger partial charge in [0.05, 0.1) is 11.1 Å². The molecule has 8 aromatic rings. The van der Waals surface area contributed by atoms with Crippen LogP contribution in [0.15, 0.2) is 164 Å². The molecule has 0 atom stereocenters. The van der Waals surface area contributed by atoms with Crippen LogP contribution < -0.4 is 4.90 Å². The van der Waals surface area contributed by atoms with E-state index in [0.717, 1.165) is 11.4 Å². The Labute approximate surface area is 306 Å². The first-order valence-corrected chi connectivity index (χ1v) is 18.7. The molecule has 0 aliphatic heterocycles. The van der Waals surface area contributed by atoms with Crippen molar-refractivity contribution >= 4 is 38.6 Å². The van der Waals surface area contributed by atoms with E-state index >= 15 is 0 Å². The Morgan fingerprint density at radius 1 is 0.404 bits per heavy atom. The molecule has 8 aromatic carbocycles. The third-order valence-corrected chi connectivity index (χ3v) is 11.8. The van der Waals surface area contributed by atoms with Crippen LogP contribution in [-0.4, -0.2) is 0 Å². The van der Waals surface area contributed by atoms with Crippen LogP contribution >= 0.6 is 0 Å². The fourth-order valence-electron chi connectivity index (χ4n) is 9.36. The number of benzene rings is 8. The van der Waals surface area contributed by atoms with Gasteiger partial charge in [-0.05, 0) is 114 Å². The van der Waals surface area contributed by atoms with E-state index in [1.54, 1.807) is 0 Å². The van der Waals surface area contributed by atoms with Crippen LogP contribution in [0.3, 0.4) is 0 Å². The first-order chi connectivity index (χ1) is 25.5. The van der Waals surface area contributed by atoms with Gasteiger partial charge in [-0.3, -0.25) is 0 Å². The second-order valence-electron chi connectivity index (χ2n) is 15.2. The number of hydrogen-bond donors (Lipinski definition) is 0. The predicted octanol–water partition coefficient (Wildman–Crippen LogP) is 14.1. The molecule has 250 valence electrons. The molecule has 0 saturated carbocycles. The van der Waals surface area contributed by atoms with Gasteiger partial charge in [0, 0.05) is 16.8 Å². The number of anilines is 3. The Hall–Kier alpha value is -5.92. The summed E-state index contributed by atoms with van der Waals surface area (Å²) in [6, 6.07) is 62.1. The molecule has 1 spiro atoms. The van der Waals surface area contributed by atoms with Crippen LogP contribution in [0.1, 0.15) is 72.9 Å². The summed E-state index contributed by atoms with van der Waals surface area (Å²) in [5.41, 5.74) is 16.6. The zero-order valence-electron chi connectivity index (χ0n) is 30.2. The van der Waals surface area contributed by atoms with Crippen LogP contribution in [0, 0.1) is 0 Å². The van der Waals surface area contributed by atoms with E-state index in [1.807, 2.05) is 0 Å². The molecular weight excluding hydrogens is 627 g/mol. The first-order valence-electron chi connectivity index (χ1n) is 18.7. The van der Waals surface area contributed by atoms with Crippen molar-refractivity contribution in [2.45, 2.75) is 44.9 Å². The summed E-state index contributed by atoms with van der Waals surface area (Å²) in [6.07, 6.45) is 0. The number of nitrogens with zero attached hydrogens (tertiary/aromatic N) is 1. The molecule has 0 heterocycles. The molecule has 10 rings (SSSR count). The van der Waals surface area contributed by atoms with Gasteiger partial charge in [-0.15, -0.1) is 0 Å². The molecule has 1 heteroatoms. The lowest BCUT2D eigenvalue weighted by Crippen LogP contribution is -2.26. The van der Waals surface area contributed by atoms with Gasteiger partial charge in [0.1, 0.15) is 0 Å². The number of hydrogen-bond acceptors (Lipinski definition) is 1. The maximum Gasteiger partial charge on any atom is 0.0726 e. The van der Waals surface area contributed by atoms with Gasteiger partial charge in [0.2, 0.25) is 0 Å². The summed E-state index contributed by atoms with van der Waals surface area (Å²) >= 11 is 0. The van der Waals surface area contributed by atoms with Crippen molar-refractivity contribution in [3.63, 3.8) is 0 Å². The lowest BCUT2D eigenvalue weighted by Gasteiger charge is -2.33. The Morgan fingerprint density at radius 3 is 1.46 bits per heavy atom. The van der Waals surface area contributed by atoms with Gasteiger partial charge >= 0.3 is 0 Å². The smallest absolute Gasteiger partial charge is 0.0726 e. The fraction of sp³-hybridized carbons (Fsp3) is 0.137. The van der Waals surface area contributed by atoms with E-state index in [0.29, 0.717) is 11.8 Å². The summed E-state index contributed by atoms with van der Waals surface area (Å²) in [6.45, 7) is 9.07. The van der Waals surface area contributed by atoms with Crippen molar-refractivity contribution < 1.29 is 0 Å². The number of rotatable bonds is 5. The van der Waals surface area contributed by atoms with E-state index in [9.17, 15) is 0 Å². The van der Waals surface area contributed by atoms with E-state index in [2.05, 4.69) is 196 Å². The highest BCUT2D eigenvalue weighted by molar-refractivity contribution is 6.16. The maximum absolute atomic E-state index is 2.55. The van der Waals surface area contributed by atoms with Crippen LogP contribution in [0.4, 0.5) is 17.1 Å². The quantitative estimate of drug-likeness (QED) is 0.177. The van der Waals surface area contributed by atoms with E-state index in [1.165, 1.54) is 82.9 Å². The second kappa shape index (κ2) is 11.6. The zero-order chi connectivity index (χ0) is 35.1. The van der Waals surface area contributed by atoms with Crippen molar-refractivity contribution in [1.29, 1.82) is 0 Å². The molecule has 0 amide bonds. The highest BCUT2D eigenvalue weighted by atomic mass is 15.1. The Bertz CT molecular complexity index is 2580. The summed E-state index contributed by atoms with van der Waals surface area (Å²) in [5, 5.41) is 5.11. The Morgan fingerprint density at radius 2 is 0.885 bits per heavy atom. The first kappa shape index (κ1) is 30.9. The molecule has 0 bridgehead atoms. The van der Waals surface area contributed by atoms with Crippen molar-refractivity contribution in [3.8, 4) is 22.3 Å². The van der Waals surface area contributed by atoms with Gasteiger partial charge in [-0.2, -0.15) is 0 Å². The second-order valence-corrected chi connectivity index (χ2v) is 15.2. The standard InChI is InChI=1S/C51H41N/c1-32(2)34-21-26-37(27-22-34)52(38-28-23-35(24-29-38)33(3)4)48-31-47-50(43-18-8-7-17-42(43)48)49-39-14-6-5-13-36(39)25-30-46(49)51(47)44-19-11-9-15-40(44)41-16-10-12-20-45(41)51/h5-33H,1-4H3. The Balaban J connectivity index is 1.36. The number of fused-ring (bicyclic) bond motifs is 14. The summed E-state index contributed by atoms with van der Waals surface area (Å²) < 4.78 is 0. The largest absolute Gasteiger partial charge is 0.310 e. The minimum atomic E-state index is -0.463. The molecule has 2 aliphatic rings. The minimum absolute atomic E-state index is 0.462. The zero-order valence-corrected chi connectivity index (χ0v) is 30.2. The van der Waals surface area contributed by atoms with Gasteiger partial charge in [0.15, 0.2) is 0 Å². The van der Waals surface area contributed by atoms with Gasteiger partial charge in [-0.1, -0.05) is 161 Å².